The number of anilines is 1. The lowest BCUT2D eigenvalue weighted by Crippen LogP contribution is -2.29. The summed E-state index contributed by atoms with van der Waals surface area (Å²) in [5, 5.41) is 20.1. The van der Waals surface area contributed by atoms with Gasteiger partial charge >= 0.3 is 5.91 Å². The number of hydrogen-bond donors (Lipinski definition) is 1. The summed E-state index contributed by atoms with van der Waals surface area (Å²) in [7, 11) is 0. The van der Waals surface area contributed by atoms with Crippen LogP contribution in [0.2, 0.25) is 0 Å². The van der Waals surface area contributed by atoms with Gasteiger partial charge in [-0.25, -0.2) is 4.39 Å². The normalized spacial score (nSPS) is 16.0. The molecule has 0 radical (unpaired) electrons. The second-order valence-electron chi connectivity index (χ2n) is 10.1. The van der Waals surface area contributed by atoms with Crippen molar-refractivity contribution in [3.63, 3.8) is 0 Å². The van der Waals surface area contributed by atoms with Gasteiger partial charge in [0.25, 0.3) is 5.78 Å². The Balaban J connectivity index is 1.28. The van der Waals surface area contributed by atoms with Crippen molar-refractivity contribution in [3.05, 3.63) is 142 Å². The number of carbonyl (C=O) groups excluding carboxylic acids is 2. The van der Waals surface area contributed by atoms with Gasteiger partial charge in [-0.15, -0.1) is 10.2 Å². The van der Waals surface area contributed by atoms with Crippen molar-refractivity contribution in [3.8, 4) is 5.75 Å². The van der Waals surface area contributed by atoms with Crippen LogP contribution in [0.15, 0.2) is 113 Å². The molecule has 7 nitrogen and oxygen atoms in total. The molecule has 0 spiro atoms. The van der Waals surface area contributed by atoms with Crippen LogP contribution in [0.5, 0.6) is 5.75 Å². The number of rotatable bonds is 9. The predicted octanol–water partition coefficient (Wildman–Crippen LogP) is 7.48. The number of aryl methyl sites for hydroxylation is 1. The van der Waals surface area contributed by atoms with E-state index in [1.165, 1.54) is 40.1 Å². The van der Waals surface area contributed by atoms with Gasteiger partial charge in [-0.2, -0.15) is 0 Å². The molecule has 1 atom stereocenters. The first-order valence-corrected chi connectivity index (χ1v) is 15.5. The molecule has 1 aromatic heterocycles. The Kier molecular flexibility index (Phi) is 8.53. The van der Waals surface area contributed by atoms with Gasteiger partial charge in [0.1, 0.15) is 23.9 Å². The predicted molar refractivity (Wildman–Crippen MR) is 169 cm³/mol. The Morgan fingerprint density at radius 3 is 2.36 bits per heavy atom. The maximum atomic E-state index is 13.5. The Morgan fingerprint density at radius 2 is 1.64 bits per heavy atom. The molecule has 0 bridgehead atoms. The summed E-state index contributed by atoms with van der Waals surface area (Å²) >= 11 is 2.56. The molecule has 1 N–H and O–H groups in total. The third-order valence-electron chi connectivity index (χ3n) is 7.22. The van der Waals surface area contributed by atoms with E-state index < -0.39 is 17.7 Å². The van der Waals surface area contributed by atoms with Gasteiger partial charge in [-0.3, -0.25) is 14.5 Å². The minimum atomic E-state index is -0.906. The molecule has 1 unspecified atom stereocenters. The lowest BCUT2D eigenvalue weighted by molar-refractivity contribution is -0.132. The van der Waals surface area contributed by atoms with E-state index in [9.17, 15) is 19.1 Å². The topological polar surface area (TPSA) is 92.6 Å². The summed E-state index contributed by atoms with van der Waals surface area (Å²) in [6.45, 7) is 2.41. The van der Waals surface area contributed by atoms with Crippen molar-refractivity contribution < 1.29 is 23.8 Å². The van der Waals surface area contributed by atoms with Crippen LogP contribution in [-0.4, -0.2) is 27.0 Å². The number of nitrogens with zero attached hydrogens (tertiary/aromatic N) is 3. The first kappa shape index (κ1) is 29.3. The van der Waals surface area contributed by atoms with E-state index in [1.807, 2.05) is 37.3 Å². The Bertz CT molecular complexity index is 1840. The van der Waals surface area contributed by atoms with Gasteiger partial charge in [0.2, 0.25) is 5.13 Å². The first-order chi connectivity index (χ1) is 21.4. The van der Waals surface area contributed by atoms with E-state index in [-0.39, 0.29) is 22.3 Å². The maximum Gasteiger partial charge on any atom is 0.301 e. The quantitative estimate of drug-likeness (QED) is 0.0598. The van der Waals surface area contributed by atoms with Gasteiger partial charge in [0.15, 0.2) is 4.34 Å². The number of thioether (sulfide) groups is 1. The van der Waals surface area contributed by atoms with Crippen LogP contribution >= 0.6 is 23.1 Å². The molecule has 1 fully saturated rings. The average Bonchev–Trinajstić information content (AvgIpc) is 3.62. The Labute approximate surface area is 261 Å². The van der Waals surface area contributed by atoms with E-state index in [1.54, 1.807) is 60.7 Å². The summed E-state index contributed by atoms with van der Waals surface area (Å²) in [6.07, 6.45) is 0. The monoisotopic (exact) mass is 623 g/mol. The lowest BCUT2D eigenvalue weighted by atomic mass is 9.95. The number of ether oxygens (including phenoxy) is 1. The van der Waals surface area contributed by atoms with Crippen molar-refractivity contribution >= 4 is 45.7 Å². The van der Waals surface area contributed by atoms with Gasteiger partial charge in [0.05, 0.1) is 11.6 Å². The number of Topliss-reactive ketones (excluding diaryl/α,β-unsaturated/α-hetero) is 1. The smallest absolute Gasteiger partial charge is 0.301 e. The molecule has 2 heterocycles. The number of benzene rings is 4. The number of aromatic nitrogens is 2. The number of aliphatic hydroxyl groups excluding tert-OH is 1. The van der Waals surface area contributed by atoms with Crippen molar-refractivity contribution in [2.45, 2.75) is 29.7 Å². The highest BCUT2D eigenvalue weighted by Crippen LogP contribution is 2.44. The molecular weight excluding hydrogens is 598 g/mol. The molecule has 0 saturated carbocycles. The van der Waals surface area contributed by atoms with Crippen molar-refractivity contribution in [1.82, 2.24) is 10.2 Å². The zero-order chi connectivity index (χ0) is 30.6. The van der Waals surface area contributed by atoms with Crippen LogP contribution in [0, 0.1) is 12.7 Å². The average molecular weight is 624 g/mol. The number of amides is 1. The molecule has 1 amide bonds. The summed E-state index contributed by atoms with van der Waals surface area (Å²) in [5.74, 6) is -1.09. The van der Waals surface area contributed by atoms with E-state index in [0.717, 1.165) is 16.7 Å². The lowest BCUT2D eigenvalue weighted by Gasteiger charge is -2.22. The molecule has 0 aliphatic carbocycles. The molecule has 5 aromatic rings. The SMILES string of the molecule is Cc1ccccc1COc1ccc(/C(O)=C2\C(=O)C(=O)N(c3nnc(SCc4ccc(F)cc4)s3)C2c2ccccc2)cc1. The fourth-order valence-corrected chi connectivity index (χ4v) is 6.69. The second kappa shape index (κ2) is 12.8. The molecule has 1 aliphatic rings. The summed E-state index contributed by atoms with van der Waals surface area (Å²) in [6, 6.07) is 29.0. The molecule has 44 heavy (non-hydrogen) atoms. The third kappa shape index (κ3) is 6.13. The van der Waals surface area contributed by atoms with Crippen LogP contribution < -0.4 is 9.64 Å². The highest BCUT2D eigenvalue weighted by molar-refractivity contribution is 8.00. The first-order valence-electron chi connectivity index (χ1n) is 13.7. The van der Waals surface area contributed by atoms with Gasteiger partial charge in [-0.1, -0.05) is 89.8 Å². The Hall–Kier alpha value is -4.80. The molecule has 10 heteroatoms. The minimum absolute atomic E-state index is 0.0366. The number of hydrogen-bond acceptors (Lipinski definition) is 8. The molecule has 220 valence electrons. The summed E-state index contributed by atoms with van der Waals surface area (Å²) < 4.78 is 19.8. The Morgan fingerprint density at radius 1 is 0.932 bits per heavy atom. The van der Waals surface area contributed by atoms with Crippen LogP contribution in [0.1, 0.15) is 33.9 Å². The van der Waals surface area contributed by atoms with Gasteiger partial charge in [0, 0.05) is 11.3 Å². The summed E-state index contributed by atoms with van der Waals surface area (Å²) in [5.41, 5.74) is 4.08. The van der Waals surface area contributed by atoms with Crippen LogP contribution in [-0.2, 0) is 21.9 Å². The van der Waals surface area contributed by atoms with Crippen molar-refractivity contribution in [2.75, 3.05) is 4.90 Å². The third-order valence-corrected chi connectivity index (χ3v) is 9.35. The largest absolute Gasteiger partial charge is 0.507 e. The van der Waals surface area contributed by atoms with E-state index in [4.69, 9.17) is 4.74 Å². The van der Waals surface area contributed by atoms with Crippen LogP contribution in [0.25, 0.3) is 5.76 Å². The minimum Gasteiger partial charge on any atom is -0.507 e. The van der Waals surface area contributed by atoms with Gasteiger partial charge in [-0.05, 0) is 65.6 Å². The van der Waals surface area contributed by atoms with Crippen LogP contribution in [0.4, 0.5) is 9.52 Å². The molecule has 1 saturated heterocycles. The second-order valence-corrected chi connectivity index (χ2v) is 12.3. The van der Waals surface area contributed by atoms with Crippen molar-refractivity contribution in [2.24, 2.45) is 0 Å². The van der Waals surface area contributed by atoms with E-state index >= 15 is 0 Å². The number of carbonyl (C=O) groups is 2. The van der Waals surface area contributed by atoms with E-state index in [0.29, 0.717) is 33.6 Å². The molecule has 6 rings (SSSR count). The number of halogens is 1. The van der Waals surface area contributed by atoms with Gasteiger partial charge < -0.3 is 9.84 Å². The fraction of sp³-hybridized carbons (Fsp3) is 0.118. The van der Waals surface area contributed by atoms with E-state index in [2.05, 4.69) is 10.2 Å². The molecular formula is C34H26FN3O4S2. The number of aliphatic hydroxyl groups is 1. The molecule has 1 aliphatic heterocycles. The highest BCUT2D eigenvalue weighted by Gasteiger charge is 2.48. The summed E-state index contributed by atoms with van der Waals surface area (Å²) in [4.78, 5) is 28.2. The number of ketones is 1. The standard InChI is InChI=1S/C34H26FN3O4S2/c1-21-7-5-6-10-25(21)19-42-27-17-13-24(14-18-27)30(39)28-29(23-8-3-2-4-9-23)38(32(41)31(28)40)33-36-37-34(44-33)43-20-22-11-15-26(35)16-12-22/h2-18,29,39H,19-20H2,1H3/b30-28+. The molecule has 4 aromatic carbocycles. The zero-order valence-corrected chi connectivity index (χ0v) is 25.1. The highest BCUT2D eigenvalue weighted by atomic mass is 32.2. The zero-order valence-electron chi connectivity index (χ0n) is 23.5. The fourth-order valence-electron chi connectivity index (χ4n) is 4.86. The maximum absolute atomic E-state index is 13.5. The van der Waals surface area contributed by atoms with Crippen molar-refractivity contribution in [1.29, 1.82) is 0 Å². The van der Waals surface area contributed by atoms with Crippen LogP contribution in [0.3, 0.4) is 0 Å².